The topological polar surface area (TPSA) is 61.8 Å². The first-order chi connectivity index (χ1) is 11.5. The minimum absolute atomic E-state index is 0.00150. The zero-order valence-corrected chi connectivity index (χ0v) is 14.0. The first-order valence-electron chi connectivity index (χ1n) is 7.57. The van der Waals surface area contributed by atoms with Gasteiger partial charge in [-0.15, -0.1) is 0 Å². The van der Waals surface area contributed by atoms with E-state index >= 15 is 0 Å². The van der Waals surface area contributed by atoms with Gasteiger partial charge in [-0.25, -0.2) is 9.59 Å². The summed E-state index contributed by atoms with van der Waals surface area (Å²) < 4.78 is 15.2. The molecule has 0 N–H and O–H groups in total. The van der Waals surface area contributed by atoms with Gasteiger partial charge < -0.3 is 14.2 Å². The Kier molecular flexibility index (Phi) is 5.95. The van der Waals surface area contributed by atoms with E-state index in [9.17, 15) is 9.59 Å². The van der Waals surface area contributed by atoms with Gasteiger partial charge in [0.1, 0.15) is 19.0 Å². The second-order valence-electron chi connectivity index (χ2n) is 5.32. The van der Waals surface area contributed by atoms with Gasteiger partial charge in [0, 0.05) is 0 Å². The Hall–Kier alpha value is -2.82. The van der Waals surface area contributed by atoms with Crippen molar-refractivity contribution < 1.29 is 23.8 Å². The molecule has 0 aliphatic carbocycles. The average molecular weight is 328 g/mol. The number of rotatable bonds is 6. The van der Waals surface area contributed by atoms with Crippen LogP contribution in [0.1, 0.15) is 31.8 Å². The summed E-state index contributed by atoms with van der Waals surface area (Å²) in [5, 5.41) is 0. The van der Waals surface area contributed by atoms with E-state index in [0.717, 1.165) is 11.1 Å². The van der Waals surface area contributed by atoms with Crippen LogP contribution in [0.3, 0.4) is 0 Å². The van der Waals surface area contributed by atoms with Gasteiger partial charge in [0.15, 0.2) is 0 Å². The monoisotopic (exact) mass is 328 g/mol. The van der Waals surface area contributed by atoms with Gasteiger partial charge in [0.25, 0.3) is 0 Å². The standard InChI is InChI=1S/C19H20O5/c1-13-4-9-17(14(2)12-13)19(21)24-11-10-23-18(20)15-5-7-16(22-3)8-6-15/h4-9,12H,10-11H2,1-3H3. The largest absolute Gasteiger partial charge is 0.497 e. The molecule has 5 heteroatoms. The fourth-order valence-corrected chi connectivity index (χ4v) is 2.20. The van der Waals surface area contributed by atoms with Crippen LogP contribution in [-0.4, -0.2) is 32.3 Å². The molecule has 0 spiro atoms. The molecule has 2 aromatic carbocycles. The molecule has 0 atom stereocenters. The number of hydrogen-bond acceptors (Lipinski definition) is 5. The van der Waals surface area contributed by atoms with E-state index in [1.54, 1.807) is 37.4 Å². The molecule has 0 bridgehead atoms. The van der Waals surface area contributed by atoms with Gasteiger partial charge in [-0.05, 0) is 49.7 Å². The predicted octanol–water partition coefficient (Wildman–Crippen LogP) is 3.33. The summed E-state index contributed by atoms with van der Waals surface area (Å²) in [5.74, 6) is -0.234. The number of ether oxygens (including phenoxy) is 3. The fraction of sp³-hybridized carbons (Fsp3) is 0.263. The minimum Gasteiger partial charge on any atom is -0.497 e. The summed E-state index contributed by atoms with van der Waals surface area (Å²) in [4.78, 5) is 23.8. The molecule has 0 radical (unpaired) electrons. The molecule has 126 valence electrons. The third kappa shape index (κ3) is 4.59. The number of hydrogen-bond donors (Lipinski definition) is 0. The summed E-state index contributed by atoms with van der Waals surface area (Å²) in [6.07, 6.45) is 0. The third-order valence-corrected chi connectivity index (χ3v) is 3.48. The molecular formula is C19H20O5. The number of aryl methyl sites for hydroxylation is 2. The van der Waals surface area contributed by atoms with Crippen LogP contribution in [0.25, 0.3) is 0 Å². The van der Waals surface area contributed by atoms with Gasteiger partial charge >= 0.3 is 11.9 Å². The Morgan fingerprint density at radius 3 is 2.08 bits per heavy atom. The van der Waals surface area contributed by atoms with E-state index in [2.05, 4.69) is 0 Å². The van der Waals surface area contributed by atoms with Crippen LogP contribution in [0.2, 0.25) is 0 Å². The molecular weight excluding hydrogens is 308 g/mol. The highest BCUT2D eigenvalue weighted by Gasteiger charge is 2.11. The molecule has 2 aromatic rings. The Bertz CT molecular complexity index is 719. The van der Waals surface area contributed by atoms with Crippen molar-refractivity contribution in [2.45, 2.75) is 13.8 Å². The summed E-state index contributed by atoms with van der Waals surface area (Å²) >= 11 is 0. The maximum absolute atomic E-state index is 12.0. The molecule has 24 heavy (non-hydrogen) atoms. The lowest BCUT2D eigenvalue weighted by Crippen LogP contribution is -2.14. The van der Waals surface area contributed by atoms with Crippen molar-refractivity contribution in [3.63, 3.8) is 0 Å². The van der Waals surface area contributed by atoms with Crippen molar-refractivity contribution in [2.24, 2.45) is 0 Å². The lowest BCUT2D eigenvalue weighted by Gasteiger charge is -2.09. The lowest BCUT2D eigenvalue weighted by atomic mass is 10.1. The van der Waals surface area contributed by atoms with Crippen molar-refractivity contribution in [1.29, 1.82) is 0 Å². The molecule has 0 aromatic heterocycles. The average Bonchev–Trinajstić information content (AvgIpc) is 2.58. The predicted molar refractivity (Wildman–Crippen MR) is 89.5 cm³/mol. The van der Waals surface area contributed by atoms with E-state index in [0.29, 0.717) is 16.9 Å². The molecule has 0 aliphatic rings. The fourth-order valence-electron chi connectivity index (χ4n) is 2.20. The van der Waals surface area contributed by atoms with E-state index in [1.165, 1.54) is 0 Å². The van der Waals surface area contributed by atoms with Gasteiger partial charge in [-0.2, -0.15) is 0 Å². The van der Waals surface area contributed by atoms with Crippen molar-refractivity contribution in [1.82, 2.24) is 0 Å². The summed E-state index contributed by atoms with van der Waals surface area (Å²) in [6, 6.07) is 12.1. The number of methoxy groups -OCH3 is 1. The molecule has 5 nitrogen and oxygen atoms in total. The van der Waals surface area contributed by atoms with Gasteiger partial charge in [0.05, 0.1) is 18.2 Å². The van der Waals surface area contributed by atoms with E-state index in [-0.39, 0.29) is 13.2 Å². The molecule has 0 aliphatic heterocycles. The van der Waals surface area contributed by atoms with Crippen LogP contribution in [0.15, 0.2) is 42.5 Å². The Morgan fingerprint density at radius 1 is 0.875 bits per heavy atom. The molecule has 2 rings (SSSR count). The minimum atomic E-state index is -0.472. The van der Waals surface area contributed by atoms with Crippen LogP contribution in [0.5, 0.6) is 5.75 Å². The normalized spacial score (nSPS) is 10.1. The Morgan fingerprint density at radius 2 is 1.50 bits per heavy atom. The highest BCUT2D eigenvalue weighted by atomic mass is 16.6. The van der Waals surface area contributed by atoms with Crippen molar-refractivity contribution in [3.8, 4) is 5.75 Å². The quantitative estimate of drug-likeness (QED) is 0.601. The molecule has 0 saturated heterocycles. The second kappa shape index (κ2) is 8.15. The maximum Gasteiger partial charge on any atom is 0.338 e. The number of carbonyl (C=O) groups is 2. The van der Waals surface area contributed by atoms with Gasteiger partial charge in [-0.1, -0.05) is 17.7 Å². The number of esters is 2. The Labute approximate surface area is 141 Å². The first kappa shape index (κ1) is 17.5. The van der Waals surface area contributed by atoms with Crippen molar-refractivity contribution in [3.05, 3.63) is 64.7 Å². The van der Waals surface area contributed by atoms with Gasteiger partial charge in [0.2, 0.25) is 0 Å². The van der Waals surface area contributed by atoms with Crippen LogP contribution in [-0.2, 0) is 9.47 Å². The highest BCUT2D eigenvalue weighted by molar-refractivity contribution is 5.91. The van der Waals surface area contributed by atoms with E-state index in [1.807, 2.05) is 26.0 Å². The SMILES string of the molecule is COc1ccc(C(=O)OCCOC(=O)c2ccc(C)cc2C)cc1. The molecule has 0 unspecified atom stereocenters. The Balaban J connectivity index is 1.79. The van der Waals surface area contributed by atoms with E-state index in [4.69, 9.17) is 14.2 Å². The number of carbonyl (C=O) groups excluding carboxylic acids is 2. The summed E-state index contributed by atoms with van der Waals surface area (Å²) in [7, 11) is 1.55. The summed E-state index contributed by atoms with van der Waals surface area (Å²) in [6.45, 7) is 3.82. The molecule has 0 fully saturated rings. The molecule has 0 saturated carbocycles. The highest BCUT2D eigenvalue weighted by Crippen LogP contribution is 2.13. The lowest BCUT2D eigenvalue weighted by molar-refractivity contribution is 0.0265. The van der Waals surface area contributed by atoms with Crippen LogP contribution >= 0.6 is 0 Å². The number of benzene rings is 2. The molecule has 0 heterocycles. The maximum atomic E-state index is 12.0. The first-order valence-corrected chi connectivity index (χ1v) is 7.57. The van der Waals surface area contributed by atoms with Crippen molar-refractivity contribution >= 4 is 11.9 Å². The van der Waals surface area contributed by atoms with Gasteiger partial charge in [-0.3, -0.25) is 0 Å². The van der Waals surface area contributed by atoms with Crippen LogP contribution in [0, 0.1) is 13.8 Å². The van der Waals surface area contributed by atoms with E-state index < -0.39 is 11.9 Å². The second-order valence-corrected chi connectivity index (χ2v) is 5.32. The zero-order chi connectivity index (χ0) is 17.5. The molecule has 0 amide bonds. The third-order valence-electron chi connectivity index (χ3n) is 3.48. The summed E-state index contributed by atoms with van der Waals surface area (Å²) in [5.41, 5.74) is 2.87. The smallest absolute Gasteiger partial charge is 0.338 e. The van der Waals surface area contributed by atoms with Crippen LogP contribution < -0.4 is 4.74 Å². The van der Waals surface area contributed by atoms with Crippen molar-refractivity contribution in [2.75, 3.05) is 20.3 Å². The zero-order valence-electron chi connectivity index (χ0n) is 14.0. The van der Waals surface area contributed by atoms with Crippen LogP contribution in [0.4, 0.5) is 0 Å².